The van der Waals surface area contributed by atoms with Crippen LogP contribution in [0.15, 0.2) is 28.9 Å². The average molecular weight is 373 g/mol. The van der Waals surface area contributed by atoms with Gasteiger partial charge in [-0.2, -0.15) is 0 Å². The van der Waals surface area contributed by atoms with E-state index in [1.807, 2.05) is 13.0 Å². The molecule has 0 aromatic carbocycles. The standard InChI is InChI=1S/C18H23N5O4/c1-3-26-18(25)23-8-6-22(7-9-23)16(24)15-11-13(2)20-17(21-15)19-12-14-5-4-10-27-14/h4-5,10-11H,3,6-9,12H2,1-2H3,(H,19,20,21). The van der Waals surface area contributed by atoms with E-state index in [0.717, 1.165) is 5.76 Å². The predicted molar refractivity (Wildman–Crippen MR) is 97.3 cm³/mol. The molecule has 1 N–H and O–H groups in total. The molecule has 27 heavy (non-hydrogen) atoms. The molecule has 0 aliphatic carbocycles. The number of aromatic nitrogens is 2. The monoisotopic (exact) mass is 373 g/mol. The third-order valence-electron chi connectivity index (χ3n) is 4.17. The summed E-state index contributed by atoms with van der Waals surface area (Å²) < 4.78 is 10.3. The van der Waals surface area contributed by atoms with Gasteiger partial charge in [0.2, 0.25) is 5.95 Å². The summed E-state index contributed by atoms with van der Waals surface area (Å²) in [5, 5.41) is 3.07. The van der Waals surface area contributed by atoms with Crippen LogP contribution in [0.3, 0.4) is 0 Å². The van der Waals surface area contributed by atoms with E-state index >= 15 is 0 Å². The van der Waals surface area contributed by atoms with E-state index < -0.39 is 0 Å². The summed E-state index contributed by atoms with van der Waals surface area (Å²) >= 11 is 0. The number of anilines is 1. The number of nitrogens with one attached hydrogen (secondary N) is 1. The number of hydrogen-bond donors (Lipinski definition) is 1. The number of carbonyl (C=O) groups excluding carboxylic acids is 2. The number of aryl methyl sites for hydroxylation is 1. The zero-order valence-corrected chi connectivity index (χ0v) is 15.5. The van der Waals surface area contributed by atoms with Gasteiger partial charge in [-0.15, -0.1) is 0 Å². The number of carbonyl (C=O) groups is 2. The molecule has 2 amide bonds. The van der Waals surface area contributed by atoms with Crippen LogP contribution in [0.1, 0.15) is 28.9 Å². The smallest absolute Gasteiger partial charge is 0.409 e. The molecule has 3 rings (SSSR count). The summed E-state index contributed by atoms with van der Waals surface area (Å²) in [5.74, 6) is 0.952. The van der Waals surface area contributed by atoms with Gasteiger partial charge in [-0.05, 0) is 32.0 Å². The maximum absolute atomic E-state index is 12.8. The molecular weight excluding hydrogens is 350 g/mol. The molecule has 9 nitrogen and oxygen atoms in total. The lowest BCUT2D eigenvalue weighted by Crippen LogP contribution is -2.50. The molecule has 0 atom stereocenters. The highest BCUT2D eigenvalue weighted by Gasteiger charge is 2.26. The first-order valence-electron chi connectivity index (χ1n) is 8.89. The van der Waals surface area contributed by atoms with Gasteiger partial charge in [-0.25, -0.2) is 14.8 Å². The van der Waals surface area contributed by atoms with Gasteiger partial charge in [-0.3, -0.25) is 4.79 Å². The Kier molecular flexibility index (Phi) is 5.90. The van der Waals surface area contributed by atoms with Crippen molar-refractivity contribution in [2.75, 3.05) is 38.1 Å². The van der Waals surface area contributed by atoms with E-state index in [0.29, 0.717) is 56.7 Å². The zero-order valence-electron chi connectivity index (χ0n) is 15.5. The molecule has 0 radical (unpaired) electrons. The van der Waals surface area contributed by atoms with Crippen LogP contribution in [0.2, 0.25) is 0 Å². The van der Waals surface area contributed by atoms with Crippen molar-refractivity contribution in [2.45, 2.75) is 20.4 Å². The molecule has 0 spiro atoms. The largest absolute Gasteiger partial charge is 0.467 e. The van der Waals surface area contributed by atoms with E-state index in [1.54, 1.807) is 35.1 Å². The molecule has 3 heterocycles. The number of piperazine rings is 1. The maximum atomic E-state index is 12.8. The molecule has 1 aliphatic heterocycles. The molecular formula is C18H23N5O4. The summed E-state index contributed by atoms with van der Waals surface area (Å²) in [6.45, 7) is 6.12. The van der Waals surface area contributed by atoms with E-state index in [4.69, 9.17) is 9.15 Å². The fraction of sp³-hybridized carbons (Fsp3) is 0.444. The first-order valence-corrected chi connectivity index (χ1v) is 8.89. The van der Waals surface area contributed by atoms with Gasteiger partial charge in [0.1, 0.15) is 11.5 Å². The van der Waals surface area contributed by atoms with Gasteiger partial charge >= 0.3 is 6.09 Å². The van der Waals surface area contributed by atoms with E-state index in [2.05, 4.69) is 15.3 Å². The van der Waals surface area contributed by atoms with Crippen LogP contribution in [0, 0.1) is 6.92 Å². The van der Waals surface area contributed by atoms with Crippen molar-refractivity contribution in [2.24, 2.45) is 0 Å². The molecule has 1 saturated heterocycles. The lowest BCUT2D eigenvalue weighted by atomic mass is 10.2. The van der Waals surface area contributed by atoms with E-state index in [-0.39, 0.29) is 12.0 Å². The highest BCUT2D eigenvalue weighted by molar-refractivity contribution is 5.92. The summed E-state index contributed by atoms with van der Waals surface area (Å²) in [6, 6.07) is 5.31. The Bertz CT molecular complexity index is 785. The minimum atomic E-state index is -0.341. The Balaban J connectivity index is 1.62. The third kappa shape index (κ3) is 4.75. The van der Waals surface area contributed by atoms with E-state index in [9.17, 15) is 9.59 Å². The second kappa shape index (κ2) is 8.52. The molecule has 2 aromatic rings. The second-order valence-electron chi connectivity index (χ2n) is 6.13. The average Bonchev–Trinajstić information content (AvgIpc) is 3.19. The SMILES string of the molecule is CCOC(=O)N1CCN(C(=O)c2cc(C)nc(NCc3ccco3)n2)CC1. The van der Waals surface area contributed by atoms with Crippen LogP contribution in [-0.2, 0) is 11.3 Å². The Morgan fingerprint density at radius 3 is 2.63 bits per heavy atom. The lowest BCUT2D eigenvalue weighted by Gasteiger charge is -2.33. The fourth-order valence-corrected chi connectivity index (χ4v) is 2.81. The molecule has 144 valence electrons. The van der Waals surface area contributed by atoms with Crippen LogP contribution in [0.5, 0.6) is 0 Å². The number of hydrogen-bond acceptors (Lipinski definition) is 7. The van der Waals surface area contributed by atoms with Crippen LogP contribution in [0.25, 0.3) is 0 Å². The summed E-state index contributed by atoms with van der Waals surface area (Å²) in [5.41, 5.74) is 1.02. The van der Waals surface area contributed by atoms with Gasteiger partial charge in [0.05, 0.1) is 19.4 Å². The first kappa shape index (κ1) is 18.7. The highest BCUT2D eigenvalue weighted by atomic mass is 16.6. The van der Waals surface area contributed by atoms with Crippen LogP contribution in [-0.4, -0.2) is 64.6 Å². The predicted octanol–water partition coefficient (Wildman–Crippen LogP) is 1.90. The van der Waals surface area contributed by atoms with Crippen molar-refractivity contribution in [3.63, 3.8) is 0 Å². The third-order valence-corrected chi connectivity index (χ3v) is 4.17. The Morgan fingerprint density at radius 1 is 1.22 bits per heavy atom. The van der Waals surface area contributed by atoms with Crippen molar-refractivity contribution in [3.8, 4) is 0 Å². The van der Waals surface area contributed by atoms with Crippen molar-refractivity contribution < 1.29 is 18.7 Å². The fourth-order valence-electron chi connectivity index (χ4n) is 2.81. The molecule has 9 heteroatoms. The minimum absolute atomic E-state index is 0.176. The van der Waals surface area contributed by atoms with Crippen molar-refractivity contribution >= 4 is 17.9 Å². The Labute approximate surface area is 157 Å². The maximum Gasteiger partial charge on any atom is 0.409 e. The normalized spacial score (nSPS) is 14.1. The highest BCUT2D eigenvalue weighted by Crippen LogP contribution is 2.12. The summed E-state index contributed by atoms with van der Waals surface area (Å²) in [7, 11) is 0. The molecule has 2 aromatic heterocycles. The first-order chi connectivity index (χ1) is 13.1. The van der Waals surface area contributed by atoms with Gasteiger partial charge < -0.3 is 24.3 Å². The molecule has 1 aliphatic rings. The molecule has 0 unspecified atom stereocenters. The number of nitrogens with zero attached hydrogens (tertiary/aromatic N) is 4. The van der Waals surface area contributed by atoms with Crippen LogP contribution < -0.4 is 5.32 Å². The van der Waals surface area contributed by atoms with E-state index in [1.165, 1.54) is 0 Å². The Morgan fingerprint density at radius 2 is 1.96 bits per heavy atom. The lowest BCUT2D eigenvalue weighted by molar-refractivity contribution is 0.0566. The van der Waals surface area contributed by atoms with Crippen molar-refractivity contribution in [1.82, 2.24) is 19.8 Å². The van der Waals surface area contributed by atoms with Crippen LogP contribution in [0.4, 0.5) is 10.7 Å². The number of ether oxygens (including phenoxy) is 1. The molecule has 1 fully saturated rings. The minimum Gasteiger partial charge on any atom is -0.467 e. The van der Waals surface area contributed by atoms with Crippen LogP contribution >= 0.6 is 0 Å². The topological polar surface area (TPSA) is 101 Å². The van der Waals surface area contributed by atoms with Gasteiger partial charge in [0.15, 0.2) is 0 Å². The summed E-state index contributed by atoms with van der Waals surface area (Å²) in [4.78, 5) is 36.5. The number of rotatable bonds is 5. The molecule has 0 bridgehead atoms. The second-order valence-corrected chi connectivity index (χ2v) is 6.13. The van der Waals surface area contributed by atoms with Gasteiger partial charge in [0, 0.05) is 31.9 Å². The van der Waals surface area contributed by atoms with Gasteiger partial charge in [-0.1, -0.05) is 0 Å². The number of amides is 2. The van der Waals surface area contributed by atoms with Crippen molar-refractivity contribution in [3.05, 3.63) is 41.6 Å². The Hall–Kier alpha value is -3.10. The number of furan rings is 1. The van der Waals surface area contributed by atoms with Crippen molar-refractivity contribution in [1.29, 1.82) is 0 Å². The quantitative estimate of drug-likeness (QED) is 0.854. The zero-order chi connectivity index (χ0) is 19.2. The van der Waals surface area contributed by atoms with Gasteiger partial charge in [0.25, 0.3) is 5.91 Å². The molecule has 0 saturated carbocycles. The summed E-state index contributed by atoms with van der Waals surface area (Å²) in [6.07, 6.45) is 1.26.